The average molecular weight is 741 g/mol. The number of nitrogens with zero attached hydrogens (tertiary/aromatic N) is 4. The fraction of sp³-hybridized carbons (Fsp3) is 0.0556. The summed E-state index contributed by atoms with van der Waals surface area (Å²) in [7, 11) is 0. The van der Waals surface area contributed by atoms with Crippen molar-refractivity contribution in [1.29, 1.82) is 0 Å². The van der Waals surface area contributed by atoms with E-state index in [2.05, 4.69) is 140 Å². The molecule has 2 heterocycles. The van der Waals surface area contributed by atoms with Crippen LogP contribution in [-0.2, 0) is 5.41 Å². The highest BCUT2D eigenvalue weighted by atomic mass is 15.0. The molecular formula is C54H36N4. The predicted molar refractivity (Wildman–Crippen MR) is 241 cm³/mol. The first-order chi connectivity index (χ1) is 28.5. The first-order valence-corrected chi connectivity index (χ1v) is 19.9. The monoisotopic (exact) mass is 740 g/mol. The summed E-state index contributed by atoms with van der Waals surface area (Å²) in [5, 5.41) is 10.3. The van der Waals surface area contributed by atoms with Crippen LogP contribution in [0.4, 0.5) is 0 Å². The third-order valence-electron chi connectivity index (χ3n) is 12.4. The van der Waals surface area contributed by atoms with E-state index in [1.807, 2.05) is 60.7 Å². The van der Waals surface area contributed by atoms with Crippen LogP contribution in [0.25, 0.3) is 105 Å². The van der Waals surface area contributed by atoms with Gasteiger partial charge in [-0.2, -0.15) is 0 Å². The van der Waals surface area contributed by atoms with Crippen molar-refractivity contribution in [2.45, 2.75) is 19.3 Å². The fourth-order valence-electron chi connectivity index (χ4n) is 9.59. The van der Waals surface area contributed by atoms with Gasteiger partial charge in [0.1, 0.15) is 0 Å². The molecule has 4 heteroatoms. The molecule has 0 fully saturated rings. The van der Waals surface area contributed by atoms with Crippen molar-refractivity contribution in [2.24, 2.45) is 0 Å². The molecule has 1 aliphatic carbocycles. The lowest BCUT2D eigenvalue weighted by Gasteiger charge is -2.23. The Morgan fingerprint density at radius 2 is 0.793 bits per heavy atom. The summed E-state index contributed by atoms with van der Waals surface area (Å²) in [5.74, 6) is 1.94. The maximum Gasteiger partial charge on any atom is 0.164 e. The molecule has 1 aliphatic rings. The minimum absolute atomic E-state index is 0.213. The van der Waals surface area contributed by atoms with Crippen molar-refractivity contribution < 1.29 is 0 Å². The van der Waals surface area contributed by atoms with E-state index in [-0.39, 0.29) is 5.41 Å². The predicted octanol–water partition coefficient (Wildman–Crippen LogP) is 13.7. The second-order valence-corrected chi connectivity index (χ2v) is 16.0. The quantitative estimate of drug-likeness (QED) is 0.169. The molecule has 0 atom stereocenters. The van der Waals surface area contributed by atoms with Gasteiger partial charge >= 0.3 is 0 Å². The Bertz CT molecular complexity index is 3410. The normalized spacial score (nSPS) is 13.1. The van der Waals surface area contributed by atoms with Gasteiger partial charge in [0, 0.05) is 38.6 Å². The molecule has 0 saturated heterocycles. The van der Waals surface area contributed by atoms with Gasteiger partial charge in [-0.25, -0.2) is 15.0 Å². The van der Waals surface area contributed by atoms with Crippen LogP contribution in [-0.4, -0.2) is 19.5 Å². The van der Waals surface area contributed by atoms with Crippen molar-refractivity contribution in [1.82, 2.24) is 19.5 Å². The Morgan fingerprint density at radius 3 is 1.40 bits per heavy atom. The van der Waals surface area contributed by atoms with Crippen LogP contribution < -0.4 is 0 Å². The summed E-state index contributed by atoms with van der Waals surface area (Å²) in [4.78, 5) is 15.1. The van der Waals surface area contributed by atoms with Crippen LogP contribution in [0.2, 0.25) is 0 Å². The van der Waals surface area contributed by atoms with Gasteiger partial charge in [0.25, 0.3) is 0 Å². The van der Waals surface area contributed by atoms with Crippen molar-refractivity contribution in [3.05, 3.63) is 193 Å². The zero-order valence-corrected chi connectivity index (χ0v) is 32.1. The zero-order chi connectivity index (χ0) is 38.5. The summed E-state index contributed by atoms with van der Waals surface area (Å²) in [5.41, 5.74) is 11.4. The van der Waals surface area contributed by atoms with Gasteiger partial charge < -0.3 is 4.57 Å². The molecule has 0 unspecified atom stereocenters. The first-order valence-electron chi connectivity index (χ1n) is 19.9. The van der Waals surface area contributed by atoms with Crippen LogP contribution in [0, 0.1) is 0 Å². The highest BCUT2D eigenvalue weighted by Crippen LogP contribution is 2.53. The first kappa shape index (κ1) is 32.8. The SMILES string of the molecule is CC1(C)c2cc3c4ccccc4c4ccccc4c3cc2-c2cc3c4ccccc4n(-c4cccc(-c5nc(-c6ccccc6)nc(-c6ccccc6)n5)c4)c3cc21. The Kier molecular flexibility index (Phi) is 6.94. The Morgan fingerprint density at radius 1 is 0.345 bits per heavy atom. The highest BCUT2D eigenvalue weighted by molar-refractivity contribution is 6.26. The lowest BCUT2D eigenvalue weighted by molar-refractivity contribution is 0.662. The van der Waals surface area contributed by atoms with Gasteiger partial charge in [-0.05, 0) is 97.0 Å². The van der Waals surface area contributed by atoms with Crippen LogP contribution in [0.15, 0.2) is 182 Å². The molecule has 2 aromatic heterocycles. The van der Waals surface area contributed by atoms with Gasteiger partial charge in [-0.3, -0.25) is 0 Å². The fourth-order valence-corrected chi connectivity index (χ4v) is 9.59. The van der Waals surface area contributed by atoms with Crippen LogP contribution in [0.3, 0.4) is 0 Å². The topological polar surface area (TPSA) is 43.6 Å². The molecule has 0 radical (unpaired) electrons. The van der Waals surface area contributed by atoms with Gasteiger partial charge in [0.15, 0.2) is 17.5 Å². The number of rotatable bonds is 4. The second kappa shape index (κ2) is 12.3. The van der Waals surface area contributed by atoms with E-state index in [0.29, 0.717) is 17.5 Å². The summed E-state index contributed by atoms with van der Waals surface area (Å²) in [6.45, 7) is 4.78. The van der Waals surface area contributed by atoms with Gasteiger partial charge in [0.05, 0.1) is 11.0 Å². The molecule has 0 saturated carbocycles. The maximum absolute atomic E-state index is 5.07. The number of para-hydroxylation sites is 1. The molecule has 12 rings (SSSR count). The van der Waals surface area contributed by atoms with E-state index >= 15 is 0 Å². The molecule has 11 aromatic rings. The number of hydrogen-bond acceptors (Lipinski definition) is 3. The van der Waals surface area contributed by atoms with E-state index < -0.39 is 0 Å². The minimum atomic E-state index is -0.213. The lowest BCUT2D eigenvalue weighted by atomic mass is 9.81. The van der Waals surface area contributed by atoms with Gasteiger partial charge in [-0.15, -0.1) is 0 Å². The summed E-state index contributed by atoms with van der Waals surface area (Å²) >= 11 is 0. The van der Waals surface area contributed by atoms with Gasteiger partial charge in [-0.1, -0.05) is 153 Å². The van der Waals surface area contributed by atoms with Crippen LogP contribution >= 0.6 is 0 Å². The third-order valence-corrected chi connectivity index (χ3v) is 12.4. The molecule has 0 spiro atoms. The van der Waals surface area contributed by atoms with Gasteiger partial charge in [0.2, 0.25) is 0 Å². The molecule has 0 aliphatic heterocycles. The van der Waals surface area contributed by atoms with Crippen LogP contribution in [0.5, 0.6) is 0 Å². The van der Waals surface area contributed by atoms with Crippen molar-refractivity contribution >= 4 is 54.1 Å². The summed E-state index contributed by atoms with van der Waals surface area (Å²) < 4.78 is 2.42. The summed E-state index contributed by atoms with van der Waals surface area (Å²) in [6, 6.07) is 65.4. The Balaban J connectivity index is 1.07. The largest absolute Gasteiger partial charge is 0.309 e. The van der Waals surface area contributed by atoms with E-state index in [9.17, 15) is 0 Å². The van der Waals surface area contributed by atoms with E-state index in [1.165, 1.54) is 70.9 Å². The smallest absolute Gasteiger partial charge is 0.164 e. The molecule has 0 bridgehead atoms. The van der Waals surface area contributed by atoms with E-state index in [1.54, 1.807) is 0 Å². The molecule has 58 heavy (non-hydrogen) atoms. The van der Waals surface area contributed by atoms with E-state index in [0.717, 1.165) is 27.9 Å². The zero-order valence-electron chi connectivity index (χ0n) is 32.1. The molecule has 0 amide bonds. The average Bonchev–Trinajstić information content (AvgIpc) is 3.72. The summed E-state index contributed by atoms with van der Waals surface area (Å²) in [6.07, 6.45) is 0. The minimum Gasteiger partial charge on any atom is -0.309 e. The number of fused-ring (bicyclic) bond motifs is 12. The number of aromatic nitrogens is 4. The van der Waals surface area contributed by atoms with Crippen molar-refractivity contribution in [3.8, 4) is 51.0 Å². The molecule has 272 valence electrons. The molecule has 4 nitrogen and oxygen atoms in total. The standard InChI is InChI=1S/C54H36N4/c1-54(2)47-31-43-40-25-12-10-23-38(40)37-22-9-11-24-39(37)42(43)29-44(47)45-30-46-41-26-13-14-27-49(41)58(50(46)32-48(45)54)36-21-15-20-35(28-36)53-56-51(33-16-5-3-6-17-33)55-52(57-53)34-18-7-4-8-19-34/h3-32H,1-2H3. The molecular weight excluding hydrogens is 705 g/mol. The highest BCUT2D eigenvalue weighted by Gasteiger charge is 2.37. The second-order valence-electron chi connectivity index (χ2n) is 16.0. The number of hydrogen-bond donors (Lipinski definition) is 0. The van der Waals surface area contributed by atoms with Crippen LogP contribution in [0.1, 0.15) is 25.0 Å². The molecule has 0 N–H and O–H groups in total. The molecule has 9 aromatic carbocycles. The van der Waals surface area contributed by atoms with Crippen molar-refractivity contribution in [3.63, 3.8) is 0 Å². The third kappa shape index (κ3) is 4.78. The van der Waals surface area contributed by atoms with Crippen molar-refractivity contribution in [2.75, 3.05) is 0 Å². The maximum atomic E-state index is 5.07. The number of benzene rings is 9. The Labute approximate surface area is 335 Å². The van der Waals surface area contributed by atoms with E-state index in [4.69, 9.17) is 15.0 Å². The Hall–Kier alpha value is -7.43. The lowest BCUT2D eigenvalue weighted by Crippen LogP contribution is -2.15.